The molecule has 11 rings (SSSR count). The molecular formula is C50H31NS2. The summed E-state index contributed by atoms with van der Waals surface area (Å²) in [7, 11) is 0. The summed E-state index contributed by atoms with van der Waals surface area (Å²) in [6, 6.07) is 69.2. The van der Waals surface area contributed by atoms with Gasteiger partial charge in [0.15, 0.2) is 0 Å². The standard InChI is InChI=1S/C50H31NS2/c1-2-11-32(12-3-1)37-17-9-19-39-40-20-10-18-38(42(40)28-27-41(37)39)33-13-8-14-34(29-33)51(35-23-25-45-43-15-4-6-21-47(43)52-49(45)30-35)36-24-26-46-44-16-5-7-22-48(44)53-50(46)31-36/h1-31H. The van der Waals surface area contributed by atoms with Crippen molar-refractivity contribution in [2.24, 2.45) is 0 Å². The van der Waals surface area contributed by atoms with Gasteiger partial charge >= 0.3 is 0 Å². The van der Waals surface area contributed by atoms with Crippen LogP contribution in [0.2, 0.25) is 0 Å². The summed E-state index contributed by atoms with van der Waals surface area (Å²) >= 11 is 3.73. The molecule has 2 heterocycles. The van der Waals surface area contributed by atoms with Gasteiger partial charge < -0.3 is 4.90 Å². The number of rotatable bonds is 5. The number of fused-ring (bicyclic) bond motifs is 9. The van der Waals surface area contributed by atoms with Gasteiger partial charge in [0.05, 0.1) is 0 Å². The molecule has 0 N–H and O–H groups in total. The lowest BCUT2D eigenvalue weighted by atomic mass is 9.91. The summed E-state index contributed by atoms with van der Waals surface area (Å²) < 4.78 is 5.23. The molecule has 0 spiro atoms. The molecule has 248 valence electrons. The van der Waals surface area contributed by atoms with E-state index in [-0.39, 0.29) is 0 Å². The molecule has 0 saturated carbocycles. The summed E-state index contributed by atoms with van der Waals surface area (Å²) in [6.45, 7) is 0. The number of thiophene rings is 2. The van der Waals surface area contributed by atoms with Gasteiger partial charge in [-0.3, -0.25) is 0 Å². The van der Waals surface area contributed by atoms with Crippen molar-refractivity contribution in [2.75, 3.05) is 4.90 Å². The topological polar surface area (TPSA) is 3.24 Å². The number of nitrogens with zero attached hydrogens (tertiary/aromatic N) is 1. The Morgan fingerprint density at radius 1 is 0.264 bits per heavy atom. The predicted octanol–water partition coefficient (Wildman–Crippen LogP) is 15.5. The van der Waals surface area contributed by atoms with E-state index in [9.17, 15) is 0 Å². The molecule has 1 nitrogen and oxygen atoms in total. The van der Waals surface area contributed by atoms with E-state index in [4.69, 9.17) is 0 Å². The second-order valence-corrected chi connectivity index (χ2v) is 15.8. The zero-order valence-corrected chi connectivity index (χ0v) is 30.3. The maximum absolute atomic E-state index is 2.43. The van der Waals surface area contributed by atoms with Gasteiger partial charge in [-0.2, -0.15) is 0 Å². The third kappa shape index (κ3) is 4.97. The van der Waals surface area contributed by atoms with Gasteiger partial charge in [-0.15, -0.1) is 22.7 Å². The minimum Gasteiger partial charge on any atom is -0.310 e. The number of anilines is 3. The molecule has 0 bridgehead atoms. The van der Waals surface area contributed by atoms with Crippen LogP contribution in [0.1, 0.15) is 0 Å². The fourth-order valence-corrected chi connectivity index (χ4v) is 10.5. The summed E-state index contributed by atoms with van der Waals surface area (Å²) in [6.07, 6.45) is 0. The van der Waals surface area contributed by atoms with Crippen LogP contribution >= 0.6 is 22.7 Å². The third-order valence-electron chi connectivity index (χ3n) is 10.7. The Morgan fingerprint density at radius 3 is 1.30 bits per heavy atom. The maximum atomic E-state index is 2.43. The average Bonchev–Trinajstić information content (AvgIpc) is 3.78. The maximum Gasteiger partial charge on any atom is 0.0476 e. The Hall–Kier alpha value is -6.26. The van der Waals surface area contributed by atoms with Crippen LogP contribution in [-0.4, -0.2) is 0 Å². The summed E-state index contributed by atoms with van der Waals surface area (Å²) in [4.78, 5) is 2.43. The van der Waals surface area contributed by atoms with Crippen molar-refractivity contribution in [3.05, 3.63) is 188 Å². The second kappa shape index (κ2) is 12.2. The Bertz CT molecular complexity index is 3070. The van der Waals surface area contributed by atoms with E-state index in [1.165, 1.54) is 84.1 Å². The minimum atomic E-state index is 1.13. The molecule has 0 amide bonds. The fraction of sp³-hybridized carbons (Fsp3) is 0. The van der Waals surface area contributed by atoms with E-state index < -0.39 is 0 Å². The molecule has 0 saturated heterocycles. The van der Waals surface area contributed by atoms with Crippen molar-refractivity contribution in [3.8, 4) is 22.3 Å². The Balaban J connectivity index is 1.09. The zero-order valence-electron chi connectivity index (χ0n) is 28.7. The zero-order chi connectivity index (χ0) is 34.9. The Labute approximate surface area is 315 Å². The molecule has 0 radical (unpaired) electrons. The van der Waals surface area contributed by atoms with Crippen molar-refractivity contribution in [1.82, 2.24) is 0 Å². The van der Waals surface area contributed by atoms with Crippen molar-refractivity contribution < 1.29 is 0 Å². The number of hydrogen-bond acceptors (Lipinski definition) is 3. The monoisotopic (exact) mass is 709 g/mol. The molecule has 9 aromatic carbocycles. The quantitative estimate of drug-likeness (QED) is 0.161. The van der Waals surface area contributed by atoms with Crippen LogP contribution < -0.4 is 4.90 Å². The van der Waals surface area contributed by atoms with Crippen LogP contribution in [0.4, 0.5) is 17.1 Å². The highest BCUT2D eigenvalue weighted by Gasteiger charge is 2.18. The van der Waals surface area contributed by atoms with Crippen LogP contribution in [-0.2, 0) is 0 Å². The van der Waals surface area contributed by atoms with Crippen LogP contribution in [0.25, 0.3) is 84.1 Å². The minimum absolute atomic E-state index is 1.13. The van der Waals surface area contributed by atoms with E-state index in [2.05, 4.69) is 193 Å². The van der Waals surface area contributed by atoms with E-state index in [1.807, 2.05) is 22.7 Å². The van der Waals surface area contributed by atoms with Crippen LogP contribution in [0.3, 0.4) is 0 Å². The molecule has 0 aliphatic carbocycles. The SMILES string of the molecule is c1ccc(-c2cccc3c2ccc2c(-c4cccc(N(c5ccc6c(c5)sc5ccccc56)c5ccc6c(c5)sc5ccccc56)c4)cccc23)cc1. The van der Waals surface area contributed by atoms with E-state index in [1.54, 1.807) is 0 Å². The molecular weight excluding hydrogens is 679 g/mol. The predicted molar refractivity (Wildman–Crippen MR) is 233 cm³/mol. The van der Waals surface area contributed by atoms with Crippen LogP contribution in [0.5, 0.6) is 0 Å². The van der Waals surface area contributed by atoms with Gasteiger partial charge in [0.2, 0.25) is 0 Å². The molecule has 0 atom stereocenters. The fourth-order valence-electron chi connectivity index (χ4n) is 8.21. The lowest BCUT2D eigenvalue weighted by Crippen LogP contribution is -2.09. The Kier molecular flexibility index (Phi) is 6.97. The third-order valence-corrected chi connectivity index (χ3v) is 12.9. The van der Waals surface area contributed by atoms with Gasteiger partial charge in [-0.05, 0) is 92.3 Å². The first-order valence-electron chi connectivity index (χ1n) is 18.0. The second-order valence-electron chi connectivity index (χ2n) is 13.7. The van der Waals surface area contributed by atoms with Crippen molar-refractivity contribution >= 4 is 102 Å². The summed E-state index contributed by atoms with van der Waals surface area (Å²) in [5, 5.41) is 10.3. The number of hydrogen-bond donors (Lipinski definition) is 0. The first-order valence-corrected chi connectivity index (χ1v) is 19.6. The highest BCUT2D eigenvalue weighted by atomic mass is 32.1. The Morgan fingerprint density at radius 2 is 0.698 bits per heavy atom. The van der Waals surface area contributed by atoms with Crippen molar-refractivity contribution in [3.63, 3.8) is 0 Å². The first kappa shape index (κ1) is 30.4. The molecule has 2 aromatic heterocycles. The molecule has 0 fully saturated rings. The molecule has 0 aliphatic rings. The lowest BCUT2D eigenvalue weighted by molar-refractivity contribution is 1.30. The average molecular weight is 710 g/mol. The van der Waals surface area contributed by atoms with Crippen molar-refractivity contribution in [2.45, 2.75) is 0 Å². The molecule has 3 heteroatoms. The van der Waals surface area contributed by atoms with Gasteiger partial charge in [-0.25, -0.2) is 0 Å². The largest absolute Gasteiger partial charge is 0.310 e. The normalized spacial score (nSPS) is 11.8. The smallest absolute Gasteiger partial charge is 0.0476 e. The van der Waals surface area contributed by atoms with Crippen molar-refractivity contribution in [1.29, 1.82) is 0 Å². The molecule has 11 aromatic rings. The lowest BCUT2D eigenvalue weighted by Gasteiger charge is -2.26. The van der Waals surface area contributed by atoms with Gasteiger partial charge in [0, 0.05) is 57.4 Å². The highest BCUT2D eigenvalue weighted by molar-refractivity contribution is 7.26. The molecule has 0 unspecified atom stereocenters. The van der Waals surface area contributed by atoms with Crippen LogP contribution in [0, 0.1) is 0 Å². The van der Waals surface area contributed by atoms with E-state index >= 15 is 0 Å². The summed E-state index contributed by atoms with van der Waals surface area (Å²) in [5.41, 5.74) is 8.37. The van der Waals surface area contributed by atoms with E-state index in [0.29, 0.717) is 0 Å². The number of benzene rings is 9. The molecule has 0 aliphatic heterocycles. The molecule has 53 heavy (non-hydrogen) atoms. The highest BCUT2D eigenvalue weighted by Crippen LogP contribution is 2.45. The van der Waals surface area contributed by atoms with Gasteiger partial charge in [0.1, 0.15) is 0 Å². The van der Waals surface area contributed by atoms with Gasteiger partial charge in [-0.1, -0.05) is 140 Å². The summed E-state index contributed by atoms with van der Waals surface area (Å²) in [5.74, 6) is 0. The first-order chi connectivity index (χ1) is 26.3. The van der Waals surface area contributed by atoms with Crippen LogP contribution in [0.15, 0.2) is 188 Å². The van der Waals surface area contributed by atoms with Gasteiger partial charge in [0.25, 0.3) is 0 Å². The van der Waals surface area contributed by atoms with E-state index in [0.717, 1.165) is 17.1 Å².